The summed E-state index contributed by atoms with van der Waals surface area (Å²) in [7, 11) is 0. The van der Waals surface area contributed by atoms with Gasteiger partial charge in [-0.15, -0.1) is 0 Å². The summed E-state index contributed by atoms with van der Waals surface area (Å²) in [4.78, 5) is 20.8. The third-order valence-corrected chi connectivity index (χ3v) is 1.05. The number of alkyl halides is 1. The van der Waals surface area contributed by atoms with Crippen molar-refractivity contribution in [3.8, 4) is 0 Å². The third-order valence-electron chi connectivity index (χ3n) is 1.05. The molecular weight excluding hydrogens is 139 g/mol. The van der Waals surface area contributed by atoms with E-state index in [0.717, 1.165) is 0 Å². The van der Waals surface area contributed by atoms with Gasteiger partial charge in [0.2, 0.25) is 6.17 Å². The van der Waals surface area contributed by atoms with Gasteiger partial charge < -0.3 is 5.32 Å². The van der Waals surface area contributed by atoms with Gasteiger partial charge in [0.25, 0.3) is 5.91 Å². The fourth-order valence-corrected chi connectivity index (χ4v) is 0.574. The molecule has 5 heteroatoms. The molecule has 2 N–H and O–H groups in total. The maximum Gasteiger partial charge on any atom is 0.325 e. The normalized spacial score (nSPS) is 25.7. The molecule has 1 fully saturated rings. The molecule has 1 saturated heterocycles. The van der Waals surface area contributed by atoms with Crippen molar-refractivity contribution in [2.45, 2.75) is 6.17 Å². The van der Waals surface area contributed by atoms with Crippen LogP contribution >= 0.6 is 0 Å². The van der Waals surface area contributed by atoms with Crippen LogP contribution in [0.1, 0.15) is 0 Å². The van der Waals surface area contributed by atoms with Crippen LogP contribution in [-0.2, 0) is 4.79 Å². The zero-order valence-electron chi connectivity index (χ0n) is 4.98. The third kappa shape index (κ3) is 0.975. The van der Waals surface area contributed by atoms with Gasteiger partial charge in [-0.25, -0.2) is 9.18 Å². The second-order valence-corrected chi connectivity index (χ2v) is 1.83. The molecule has 0 aromatic rings. The van der Waals surface area contributed by atoms with Crippen molar-refractivity contribution >= 4 is 11.9 Å². The van der Waals surface area contributed by atoms with E-state index >= 15 is 0 Å². The molecule has 0 spiro atoms. The van der Waals surface area contributed by atoms with E-state index in [2.05, 4.69) is 6.58 Å². The van der Waals surface area contributed by atoms with Gasteiger partial charge >= 0.3 is 6.03 Å². The van der Waals surface area contributed by atoms with E-state index in [4.69, 9.17) is 0 Å². The van der Waals surface area contributed by atoms with Gasteiger partial charge in [-0.3, -0.25) is 10.1 Å². The summed E-state index contributed by atoms with van der Waals surface area (Å²) in [5.74, 6) is -0.964. The van der Waals surface area contributed by atoms with Gasteiger partial charge in [0.1, 0.15) is 0 Å². The number of hydrogen-bond acceptors (Lipinski definition) is 2. The van der Waals surface area contributed by atoms with Crippen molar-refractivity contribution < 1.29 is 14.0 Å². The smallest absolute Gasteiger partial charge is 0.309 e. The first kappa shape index (κ1) is 6.73. The predicted molar refractivity (Wildman–Crippen MR) is 30.7 cm³/mol. The van der Waals surface area contributed by atoms with Crippen molar-refractivity contribution in [1.29, 1.82) is 0 Å². The molecule has 0 saturated carbocycles. The van der Waals surface area contributed by atoms with Crippen molar-refractivity contribution in [3.63, 3.8) is 0 Å². The van der Waals surface area contributed by atoms with E-state index in [1.54, 1.807) is 5.32 Å². The standard InChI is InChI=1S/C5H5FN2O2/c1-2-3(6)4(9)8-5(10)7-2/h3H,1H2,(H2,7,8,9,10). The van der Waals surface area contributed by atoms with Crippen LogP contribution in [0, 0.1) is 0 Å². The number of carbonyl (C=O) groups is 2. The highest BCUT2D eigenvalue weighted by atomic mass is 19.1. The summed E-state index contributed by atoms with van der Waals surface area (Å²) in [5.41, 5.74) is -0.214. The van der Waals surface area contributed by atoms with Crippen LogP contribution < -0.4 is 10.6 Å². The van der Waals surface area contributed by atoms with Crippen LogP contribution in [-0.4, -0.2) is 18.1 Å². The molecule has 0 radical (unpaired) electrons. The second-order valence-electron chi connectivity index (χ2n) is 1.83. The lowest BCUT2D eigenvalue weighted by Crippen LogP contribution is -2.51. The first-order valence-corrected chi connectivity index (χ1v) is 2.56. The van der Waals surface area contributed by atoms with E-state index in [1.165, 1.54) is 0 Å². The molecule has 0 aromatic heterocycles. The minimum absolute atomic E-state index is 0.214. The summed E-state index contributed by atoms with van der Waals surface area (Å²) in [6.45, 7) is 3.13. The molecule has 1 unspecified atom stereocenters. The first-order valence-electron chi connectivity index (χ1n) is 2.56. The lowest BCUT2D eigenvalue weighted by atomic mass is 10.2. The summed E-state index contributed by atoms with van der Waals surface area (Å²) in [6.07, 6.45) is -1.82. The van der Waals surface area contributed by atoms with Gasteiger partial charge in [-0.05, 0) is 0 Å². The maximum absolute atomic E-state index is 12.4. The Labute approximate surface area is 56.1 Å². The van der Waals surface area contributed by atoms with Gasteiger partial charge in [0.15, 0.2) is 0 Å². The van der Waals surface area contributed by atoms with E-state index < -0.39 is 18.1 Å². The largest absolute Gasteiger partial charge is 0.325 e. The second kappa shape index (κ2) is 2.09. The van der Waals surface area contributed by atoms with Crippen LogP contribution in [0.2, 0.25) is 0 Å². The lowest BCUT2D eigenvalue weighted by molar-refractivity contribution is -0.124. The Morgan fingerprint density at radius 3 is 2.50 bits per heavy atom. The van der Waals surface area contributed by atoms with Crippen LogP contribution in [0.5, 0.6) is 0 Å². The quantitative estimate of drug-likeness (QED) is 0.489. The molecule has 1 aliphatic rings. The van der Waals surface area contributed by atoms with Crippen LogP contribution in [0.3, 0.4) is 0 Å². The maximum atomic E-state index is 12.4. The fraction of sp³-hybridized carbons (Fsp3) is 0.200. The molecule has 0 aromatic carbocycles. The number of urea groups is 1. The number of rotatable bonds is 0. The Morgan fingerprint density at radius 1 is 1.40 bits per heavy atom. The number of hydrogen-bond donors (Lipinski definition) is 2. The average Bonchev–Trinajstić information content (AvgIpc) is 1.82. The topological polar surface area (TPSA) is 58.2 Å². The Balaban J connectivity index is 2.76. The first-order chi connectivity index (χ1) is 4.61. The van der Waals surface area contributed by atoms with Crippen LogP contribution in [0.15, 0.2) is 12.3 Å². The molecular formula is C5H5FN2O2. The number of imide groups is 1. The molecule has 1 rings (SSSR count). The van der Waals surface area contributed by atoms with Gasteiger partial charge in [0, 0.05) is 0 Å². The molecule has 0 aliphatic carbocycles. The summed E-state index contributed by atoms with van der Waals surface area (Å²) in [6, 6.07) is -0.732. The lowest BCUT2D eigenvalue weighted by Gasteiger charge is -2.17. The van der Waals surface area contributed by atoms with E-state index in [1.807, 2.05) is 5.32 Å². The molecule has 3 amide bonds. The molecule has 10 heavy (non-hydrogen) atoms. The fourth-order valence-electron chi connectivity index (χ4n) is 0.574. The van der Waals surface area contributed by atoms with E-state index in [-0.39, 0.29) is 5.70 Å². The zero-order valence-corrected chi connectivity index (χ0v) is 4.98. The van der Waals surface area contributed by atoms with Crippen molar-refractivity contribution in [2.75, 3.05) is 0 Å². The minimum atomic E-state index is -1.82. The SMILES string of the molecule is C=C1NC(=O)NC(=O)C1F. The zero-order chi connectivity index (χ0) is 7.72. The highest BCUT2D eigenvalue weighted by molar-refractivity contribution is 6.01. The van der Waals surface area contributed by atoms with Crippen LogP contribution in [0.4, 0.5) is 9.18 Å². The predicted octanol–water partition coefficient (Wildman–Crippen LogP) is -0.322. The molecule has 1 aliphatic heterocycles. The van der Waals surface area contributed by atoms with Gasteiger partial charge in [0.05, 0.1) is 5.70 Å². The number of nitrogens with one attached hydrogen (secondary N) is 2. The molecule has 4 nitrogen and oxygen atoms in total. The van der Waals surface area contributed by atoms with Gasteiger partial charge in [-0.1, -0.05) is 6.58 Å². The summed E-state index contributed by atoms with van der Waals surface area (Å²) >= 11 is 0. The van der Waals surface area contributed by atoms with Crippen molar-refractivity contribution in [3.05, 3.63) is 12.3 Å². The number of carbonyl (C=O) groups excluding carboxylic acids is 2. The highest BCUT2D eigenvalue weighted by Crippen LogP contribution is 2.04. The molecule has 1 heterocycles. The molecule has 0 bridgehead atoms. The summed E-state index contributed by atoms with van der Waals surface area (Å²) in [5, 5.41) is 3.75. The Hall–Kier alpha value is -1.39. The Morgan fingerprint density at radius 2 is 2.00 bits per heavy atom. The number of halogens is 1. The Kier molecular flexibility index (Phi) is 1.41. The average molecular weight is 144 g/mol. The van der Waals surface area contributed by atoms with Crippen molar-refractivity contribution in [2.24, 2.45) is 0 Å². The summed E-state index contributed by atoms with van der Waals surface area (Å²) < 4.78 is 12.4. The van der Waals surface area contributed by atoms with Crippen LogP contribution in [0.25, 0.3) is 0 Å². The minimum Gasteiger partial charge on any atom is -0.309 e. The highest BCUT2D eigenvalue weighted by Gasteiger charge is 2.28. The Bertz CT molecular complexity index is 194. The number of amides is 3. The van der Waals surface area contributed by atoms with E-state index in [9.17, 15) is 14.0 Å². The van der Waals surface area contributed by atoms with Crippen molar-refractivity contribution in [1.82, 2.24) is 10.6 Å². The monoisotopic (exact) mass is 144 g/mol. The van der Waals surface area contributed by atoms with E-state index in [0.29, 0.717) is 0 Å². The molecule has 1 atom stereocenters. The van der Waals surface area contributed by atoms with Gasteiger partial charge in [-0.2, -0.15) is 0 Å². The molecule has 54 valence electrons.